The van der Waals surface area contributed by atoms with Crippen LogP contribution in [0.2, 0.25) is 10.0 Å². The zero-order chi connectivity index (χ0) is 22.7. The zero-order valence-electron chi connectivity index (χ0n) is 17.2. The maximum absolute atomic E-state index is 14.8. The molecular formula is C23H18Cl2FN3O3. The highest BCUT2D eigenvalue weighted by atomic mass is 35.5. The number of hydrogen-bond acceptors (Lipinski definition) is 3. The van der Waals surface area contributed by atoms with Crippen molar-refractivity contribution in [3.8, 4) is 11.3 Å². The van der Waals surface area contributed by atoms with Gasteiger partial charge in [0, 0.05) is 36.8 Å². The Kier molecular flexibility index (Phi) is 5.00. The van der Waals surface area contributed by atoms with Gasteiger partial charge >= 0.3 is 5.69 Å². The first kappa shape index (κ1) is 21.0. The molecule has 2 aromatic heterocycles. The Morgan fingerprint density at radius 3 is 2.53 bits per heavy atom. The van der Waals surface area contributed by atoms with E-state index in [9.17, 15) is 14.0 Å². The SMILES string of the molecule is Cn1c(=O)c2c(-c3ccc(Cl)cc3Cl)n3c(c2n(C)c1=O)C(c1ccccc1F)OCC3. The molecule has 2 aromatic carbocycles. The van der Waals surface area contributed by atoms with Crippen LogP contribution in [0.15, 0.2) is 52.1 Å². The highest BCUT2D eigenvalue weighted by Crippen LogP contribution is 2.43. The predicted molar refractivity (Wildman–Crippen MR) is 122 cm³/mol. The lowest BCUT2D eigenvalue weighted by Gasteiger charge is -2.28. The van der Waals surface area contributed by atoms with E-state index in [-0.39, 0.29) is 0 Å². The summed E-state index contributed by atoms with van der Waals surface area (Å²) in [6.07, 6.45) is -0.801. The van der Waals surface area contributed by atoms with Crippen LogP contribution in [0, 0.1) is 5.82 Å². The maximum atomic E-state index is 14.8. The molecule has 0 saturated carbocycles. The van der Waals surface area contributed by atoms with Crippen LogP contribution in [0.1, 0.15) is 17.4 Å². The summed E-state index contributed by atoms with van der Waals surface area (Å²) in [4.78, 5) is 26.2. The number of benzene rings is 2. The Bertz CT molecular complexity index is 1520. The summed E-state index contributed by atoms with van der Waals surface area (Å²) >= 11 is 12.6. The minimum atomic E-state index is -0.801. The molecule has 1 aliphatic heterocycles. The van der Waals surface area contributed by atoms with Crippen LogP contribution in [0.5, 0.6) is 0 Å². The summed E-state index contributed by atoms with van der Waals surface area (Å²) in [5, 5.41) is 1.14. The van der Waals surface area contributed by atoms with Crippen molar-refractivity contribution in [2.45, 2.75) is 12.6 Å². The van der Waals surface area contributed by atoms with Crippen LogP contribution in [0.25, 0.3) is 22.2 Å². The molecule has 0 N–H and O–H groups in total. The van der Waals surface area contributed by atoms with Gasteiger partial charge in [0.05, 0.1) is 33.9 Å². The zero-order valence-corrected chi connectivity index (χ0v) is 18.7. The molecule has 0 aliphatic carbocycles. The smallest absolute Gasteiger partial charge is 0.331 e. The van der Waals surface area contributed by atoms with E-state index in [2.05, 4.69) is 0 Å². The van der Waals surface area contributed by atoms with Crippen LogP contribution in [-0.4, -0.2) is 20.3 Å². The van der Waals surface area contributed by atoms with Crippen molar-refractivity contribution in [1.29, 1.82) is 0 Å². The summed E-state index contributed by atoms with van der Waals surface area (Å²) in [5.74, 6) is -0.430. The fraction of sp³-hybridized carbons (Fsp3) is 0.217. The largest absolute Gasteiger partial charge is 0.365 e. The minimum absolute atomic E-state index is 0.291. The Morgan fingerprint density at radius 2 is 1.81 bits per heavy atom. The third-order valence-corrected chi connectivity index (χ3v) is 6.47. The minimum Gasteiger partial charge on any atom is -0.365 e. The summed E-state index contributed by atoms with van der Waals surface area (Å²) in [7, 11) is 3.02. The van der Waals surface area contributed by atoms with E-state index in [0.717, 1.165) is 4.57 Å². The van der Waals surface area contributed by atoms with E-state index in [1.54, 1.807) is 43.4 Å². The standard InChI is InChI=1S/C23H18Cl2FN3O3/c1-27-19-17(22(30)28(2)23(27)31)18(13-8-7-12(24)11-15(13)25)29-9-10-32-21(20(19)29)14-5-3-4-6-16(14)26/h3-8,11,21H,9-10H2,1-2H3. The maximum Gasteiger partial charge on any atom is 0.331 e. The van der Waals surface area contributed by atoms with Crippen LogP contribution < -0.4 is 11.2 Å². The highest BCUT2D eigenvalue weighted by molar-refractivity contribution is 6.36. The Hall–Kier alpha value is -2.87. The molecule has 9 heteroatoms. The molecule has 0 fully saturated rings. The van der Waals surface area contributed by atoms with E-state index >= 15 is 0 Å². The normalized spacial score (nSPS) is 15.8. The van der Waals surface area contributed by atoms with Gasteiger partial charge in [0.15, 0.2) is 0 Å². The van der Waals surface area contributed by atoms with Crippen molar-refractivity contribution >= 4 is 34.1 Å². The molecule has 0 amide bonds. The van der Waals surface area contributed by atoms with E-state index in [1.165, 1.54) is 17.7 Å². The van der Waals surface area contributed by atoms with Crippen LogP contribution in [-0.2, 0) is 25.4 Å². The second-order valence-corrected chi connectivity index (χ2v) is 8.56. The number of aryl methyl sites for hydroxylation is 1. The van der Waals surface area contributed by atoms with Gasteiger partial charge in [-0.2, -0.15) is 0 Å². The molecule has 6 nitrogen and oxygen atoms in total. The van der Waals surface area contributed by atoms with Crippen molar-refractivity contribution in [3.63, 3.8) is 0 Å². The quantitative estimate of drug-likeness (QED) is 0.436. The van der Waals surface area contributed by atoms with Crippen LogP contribution in [0.4, 0.5) is 4.39 Å². The molecular weight excluding hydrogens is 456 g/mol. The van der Waals surface area contributed by atoms with E-state index in [1.807, 2.05) is 4.57 Å². The number of ether oxygens (including phenoxy) is 1. The molecule has 0 radical (unpaired) electrons. The predicted octanol–water partition coefficient (Wildman–Crippen LogP) is 4.27. The van der Waals surface area contributed by atoms with Gasteiger partial charge in [-0.1, -0.05) is 41.4 Å². The first-order valence-corrected chi connectivity index (χ1v) is 10.7. The first-order valence-electron chi connectivity index (χ1n) is 9.94. The first-order chi connectivity index (χ1) is 15.3. The summed E-state index contributed by atoms with van der Waals surface area (Å²) in [6.45, 7) is 0.695. The number of aromatic nitrogens is 3. The van der Waals surface area contributed by atoms with Crippen molar-refractivity contribution in [2.24, 2.45) is 14.1 Å². The van der Waals surface area contributed by atoms with Gasteiger partial charge in [0.1, 0.15) is 11.9 Å². The Labute approximate surface area is 192 Å². The van der Waals surface area contributed by atoms with Crippen molar-refractivity contribution in [2.75, 3.05) is 6.61 Å². The van der Waals surface area contributed by atoms with Gasteiger partial charge in [-0.15, -0.1) is 0 Å². The van der Waals surface area contributed by atoms with Crippen LogP contribution >= 0.6 is 23.2 Å². The fourth-order valence-electron chi connectivity index (χ4n) is 4.47. The second kappa shape index (κ2) is 7.62. The molecule has 5 rings (SSSR count). The number of hydrogen-bond donors (Lipinski definition) is 0. The lowest BCUT2D eigenvalue weighted by Crippen LogP contribution is -2.37. The summed E-state index contributed by atoms with van der Waals surface area (Å²) < 4.78 is 25.1. The van der Waals surface area contributed by atoms with E-state index in [0.29, 0.717) is 56.6 Å². The molecule has 1 unspecified atom stereocenters. The molecule has 164 valence electrons. The van der Waals surface area contributed by atoms with Gasteiger partial charge < -0.3 is 9.30 Å². The van der Waals surface area contributed by atoms with Gasteiger partial charge in [-0.25, -0.2) is 9.18 Å². The van der Waals surface area contributed by atoms with Crippen molar-refractivity contribution < 1.29 is 9.13 Å². The summed E-state index contributed by atoms with van der Waals surface area (Å²) in [6, 6.07) is 11.4. The number of rotatable bonds is 2. The van der Waals surface area contributed by atoms with E-state index in [4.69, 9.17) is 27.9 Å². The fourth-order valence-corrected chi connectivity index (χ4v) is 4.96. The van der Waals surface area contributed by atoms with Gasteiger partial charge in [0.25, 0.3) is 5.56 Å². The average Bonchev–Trinajstić information content (AvgIpc) is 3.12. The van der Waals surface area contributed by atoms with Gasteiger partial charge in [-0.05, 0) is 24.3 Å². The Balaban J connectivity index is 1.98. The third-order valence-electron chi connectivity index (χ3n) is 5.93. The molecule has 0 saturated heterocycles. The molecule has 1 aliphatic rings. The third kappa shape index (κ3) is 2.96. The molecule has 32 heavy (non-hydrogen) atoms. The molecule has 1 atom stereocenters. The second-order valence-electron chi connectivity index (χ2n) is 7.71. The topological polar surface area (TPSA) is 58.2 Å². The number of nitrogens with zero attached hydrogens (tertiary/aromatic N) is 3. The van der Waals surface area contributed by atoms with Crippen molar-refractivity contribution in [3.05, 3.63) is 90.4 Å². The monoisotopic (exact) mass is 473 g/mol. The lowest BCUT2D eigenvalue weighted by atomic mass is 10.0. The number of halogens is 3. The molecule has 0 bridgehead atoms. The number of fused-ring (bicyclic) bond motifs is 3. The lowest BCUT2D eigenvalue weighted by molar-refractivity contribution is 0.0457. The van der Waals surface area contributed by atoms with Crippen LogP contribution in [0.3, 0.4) is 0 Å². The van der Waals surface area contributed by atoms with Crippen molar-refractivity contribution in [1.82, 2.24) is 13.7 Å². The van der Waals surface area contributed by atoms with Gasteiger partial charge in [0.2, 0.25) is 0 Å². The van der Waals surface area contributed by atoms with E-state index < -0.39 is 23.2 Å². The van der Waals surface area contributed by atoms with Gasteiger partial charge in [-0.3, -0.25) is 13.9 Å². The summed E-state index contributed by atoms with van der Waals surface area (Å²) in [5.41, 5.74) is 1.46. The Morgan fingerprint density at radius 1 is 1.06 bits per heavy atom. The molecule has 4 aromatic rings. The highest BCUT2D eigenvalue weighted by Gasteiger charge is 2.34. The average molecular weight is 474 g/mol. The molecule has 3 heterocycles. The molecule has 0 spiro atoms.